The van der Waals surface area contributed by atoms with Crippen molar-refractivity contribution in [3.63, 3.8) is 0 Å². The van der Waals surface area contributed by atoms with Crippen LogP contribution in [0.2, 0.25) is 36.3 Å². The van der Waals surface area contributed by atoms with E-state index in [2.05, 4.69) is 96.5 Å². The Bertz CT molecular complexity index is 599. The normalized spacial score (nSPS) is 12.4. The van der Waals surface area contributed by atoms with Crippen molar-refractivity contribution in [1.82, 2.24) is 0 Å². The fourth-order valence-corrected chi connectivity index (χ4v) is 12.0. The first-order valence-corrected chi connectivity index (χ1v) is 16.3. The highest BCUT2D eigenvalue weighted by Gasteiger charge is 2.29. The first kappa shape index (κ1) is 22.2. The van der Waals surface area contributed by atoms with Crippen molar-refractivity contribution in [1.29, 1.82) is 0 Å². The van der Waals surface area contributed by atoms with E-state index in [0.717, 1.165) is 0 Å². The van der Waals surface area contributed by atoms with Crippen molar-refractivity contribution < 1.29 is 0 Å². The van der Waals surface area contributed by atoms with E-state index in [1.165, 1.54) is 47.4 Å². The summed E-state index contributed by atoms with van der Waals surface area (Å²) >= 11 is 0. The molecule has 0 N–H and O–H groups in total. The molecule has 0 saturated heterocycles. The molecule has 0 fully saturated rings. The van der Waals surface area contributed by atoms with Gasteiger partial charge in [-0.2, -0.15) is 0 Å². The Balaban J connectivity index is 2.16. The maximum Gasteiger partial charge on any atom is 0.0859 e. The van der Waals surface area contributed by atoms with E-state index in [4.69, 9.17) is 0 Å². The van der Waals surface area contributed by atoms with Crippen molar-refractivity contribution in [2.75, 3.05) is 0 Å². The lowest BCUT2D eigenvalue weighted by molar-refractivity contribution is 1.19. The molecule has 2 rings (SSSR count). The van der Waals surface area contributed by atoms with Crippen molar-refractivity contribution in [2.24, 2.45) is 0 Å². The molecule has 0 nitrogen and oxygen atoms in total. The number of benzene rings is 2. The summed E-state index contributed by atoms with van der Waals surface area (Å²) < 4.78 is 0. The van der Waals surface area contributed by atoms with Crippen LogP contribution in [-0.4, -0.2) is 16.1 Å². The molecule has 27 heavy (non-hydrogen) atoms. The van der Waals surface area contributed by atoms with E-state index in [1.54, 1.807) is 10.4 Å². The average Bonchev–Trinajstić information content (AvgIpc) is 2.74. The molecule has 2 aromatic carbocycles. The van der Waals surface area contributed by atoms with Gasteiger partial charge in [0.15, 0.2) is 0 Å². The third kappa shape index (κ3) is 4.66. The fourth-order valence-electron chi connectivity index (χ4n) is 4.78. The second kappa shape index (κ2) is 9.88. The number of hydrogen-bond donors (Lipinski definition) is 0. The Labute approximate surface area is 170 Å². The molecule has 0 atom stereocenters. The fraction of sp³-hybridized carbons (Fsp3) is 0.480. The monoisotopic (exact) mass is 395 g/mol. The largest absolute Gasteiger partial charge is 0.0859 e. The molecular formula is C25H39Si2. The van der Waals surface area contributed by atoms with E-state index < -0.39 is 16.1 Å². The zero-order chi connectivity index (χ0) is 19.9. The van der Waals surface area contributed by atoms with Gasteiger partial charge < -0.3 is 0 Å². The molecule has 0 aromatic heterocycles. The van der Waals surface area contributed by atoms with Gasteiger partial charge in [0, 0.05) is 6.42 Å². The summed E-state index contributed by atoms with van der Waals surface area (Å²) in [4.78, 5) is 0. The highest BCUT2D eigenvalue weighted by molar-refractivity contribution is 6.92. The molecule has 0 aliphatic rings. The Morgan fingerprint density at radius 2 is 0.741 bits per heavy atom. The van der Waals surface area contributed by atoms with Crippen LogP contribution < -0.4 is 10.4 Å². The van der Waals surface area contributed by atoms with E-state index in [0.29, 0.717) is 0 Å². The third-order valence-electron chi connectivity index (χ3n) is 7.44. The van der Waals surface area contributed by atoms with Crippen LogP contribution in [0.5, 0.6) is 0 Å². The maximum atomic E-state index is 2.41. The van der Waals surface area contributed by atoms with Crippen molar-refractivity contribution in [2.45, 2.75) is 77.8 Å². The molecule has 0 amide bonds. The summed E-state index contributed by atoms with van der Waals surface area (Å²) in [6.45, 7) is 14.3. The molecule has 0 aliphatic heterocycles. The van der Waals surface area contributed by atoms with Crippen molar-refractivity contribution in [3.8, 4) is 0 Å². The first-order valence-electron chi connectivity index (χ1n) is 11.1. The van der Waals surface area contributed by atoms with Crippen LogP contribution in [0.4, 0.5) is 0 Å². The maximum absolute atomic E-state index is 2.41. The minimum Gasteiger partial charge on any atom is -0.0675 e. The molecule has 1 radical (unpaired) electrons. The van der Waals surface area contributed by atoms with E-state index >= 15 is 0 Å². The predicted molar refractivity (Wildman–Crippen MR) is 129 cm³/mol. The number of rotatable bonds is 10. The second-order valence-electron chi connectivity index (χ2n) is 8.07. The Hall–Kier alpha value is -1.13. The quantitative estimate of drug-likeness (QED) is 0.392. The minimum absolute atomic E-state index is 1.26. The lowest BCUT2D eigenvalue weighted by Gasteiger charge is -2.29. The summed E-state index contributed by atoms with van der Waals surface area (Å²) in [7, 11) is -2.52. The molecule has 0 unspecified atom stereocenters. The zero-order valence-electron chi connectivity index (χ0n) is 18.4. The highest BCUT2D eigenvalue weighted by atomic mass is 28.3. The van der Waals surface area contributed by atoms with Gasteiger partial charge in [-0.25, -0.2) is 0 Å². The van der Waals surface area contributed by atoms with Gasteiger partial charge in [0.25, 0.3) is 0 Å². The molecule has 147 valence electrons. The van der Waals surface area contributed by atoms with E-state index in [-0.39, 0.29) is 0 Å². The van der Waals surface area contributed by atoms with Gasteiger partial charge in [-0.3, -0.25) is 0 Å². The van der Waals surface area contributed by atoms with Gasteiger partial charge in [-0.1, -0.05) is 137 Å². The van der Waals surface area contributed by atoms with Crippen LogP contribution in [0.1, 0.15) is 52.7 Å². The lowest BCUT2D eigenvalue weighted by atomic mass is 10.1. The molecule has 0 aliphatic carbocycles. The summed E-state index contributed by atoms with van der Waals surface area (Å²) in [5.41, 5.74) is 2.64. The standard InChI is InChI=1S/C25H39Si2/c1-7-26(8-2,9-3)24-17-13-22(14-18-24)21-23-15-19-25(20-16-23)27(10-4,11-5)12-6/h13-21H,7-12H2,1-6H3. The Morgan fingerprint density at radius 3 is 0.963 bits per heavy atom. The van der Waals surface area contributed by atoms with Crippen LogP contribution >= 0.6 is 0 Å². The van der Waals surface area contributed by atoms with Gasteiger partial charge in [-0.05, 0) is 11.1 Å². The molecule has 0 saturated carbocycles. The van der Waals surface area contributed by atoms with Crippen LogP contribution in [-0.2, 0) is 0 Å². The van der Waals surface area contributed by atoms with Gasteiger partial charge in [0.05, 0.1) is 16.1 Å². The molecule has 2 aromatic rings. The molecule has 0 spiro atoms. The first-order chi connectivity index (χ1) is 13.0. The van der Waals surface area contributed by atoms with Crippen molar-refractivity contribution >= 4 is 26.5 Å². The Kier molecular flexibility index (Phi) is 8.11. The Morgan fingerprint density at radius 1 is 0.481 bits per heavy atom. The smallest absolute Gasteiger partial charge is 0.0675 e. The zero-order valence-corrected chi connectivity index (χ0v) is 20.4. The lowest BCUT2D eigenvalue weighted by Crippen LogP contribution is -2.45. The van der Waals surface area contributed by atoms with E-state index in [1.807, 2.05) is 0 Å². The minimum atomic E-state index is -1.26. The van der Waals surface area contributed by atoms with Crippen LogP contribution in [0.15, 0.2) is 48.5 Å². The van der Waals surface area contributed by atoms with Crippen LogP contribution in [0.25, 0.3) is 0 Å². The van der Waals surface area contributed by atoms with Gasteiger partial charge in [0.1, 0.15) is 0 Å². The molecule has 0 bridgehead atoms. The summed E-state index contributed by atoms with van der Waals surface area (Å²) in [5, 5.41) is 3.26. The average molecular weight is 396 g/mol. The molecule has 2 heteroatoms. The summed E-state index contributed by atoms with van der Waals surface area (Å²) in [6, 6.07) is 27.0. The van der Waals surface area contributed by atoms with Gasteiger partial charge in [0.2, 0.25) is 0 Å². The van der Waals surface area contributed by atoms with Crippen LogP contribution in [0, 0.1) is 6.42 Å². The van der Waals surface area contributed by atoms with Crippen LogP contribution in [0.3, 0.4) is 0 Å². The third-order valence-corrected chi connectivity index (χ3v) is 18.7. The number of hydrogen-bond acceptors (Lipinski definition) is 0. The SMILES string of the molecule is CC[Si](CC)(CC)c1ccc([CH]c2ccc([Si](CC)(CC)CC)cc2)cc1. The van der Waals surface area contributed by atoms with Gasteiger partial charge >= 0.3 is 0 Å². The highest BCUT2D eigenvalue weighted by Crippen LogP contribution is 2.22. The molecular weight excluding hydrogens is 356 g/mol. The second-order valence-corrected chi connectivity index (χ2v) is 18.6. The predicted octanol–water partition coefficient (Wildman–Crippen LogP) is 6.72. The van der Waals surface area contributed by atoms with Gasteiger partial charge in [-0.15, -0.1) is 0 Å². The molecule has 0 heterocycles. The van der Waals surface area contributed by atoms with Crippen molar-refractivity contribution in [3.05, 3.63) is 66.1 Å². The summed E-state index contributed by atoms with van der Waals surface area (Å²) in [5.74, 6) is 0. The summed E-state index contributed by atoms with van der Waals surface area (Å²) in [6.07, 6.45) is 2.33. The topological polar surface area (TPSA) is 0 Å². The van der Waals surface area contributed by atoms with E-state index in [9.17, 15) is 0 Å².